The summed E-state index contributed by atoms with van der Waals surface area (Å²) in [7, 11) is 3.72. The van der Waals surface area contributed by atoms with E-state index in [1.54, 1.807) is 7.11 Å². The minimum absolute atomic E-state index is 0.442. The van der Waals surface area contributed by atoms with Crippen molar-refractivity contribution >= 4 is 5.69 Å². The predicted molar refractivity (Wildman–Crippen MR) is 60.0 cm³/mol. The molecule has 0 spiro atoms. The van der Waals surface area contributed by atoms with Crippen molar-refractivity contribution in [3.05, 3.63) is 11.9 Å². The second-order valence-electron chi connectivity index (χ2n) is 4.31. The van der Waals surface area contributed by atoms with E-state index in [1.165, 1.54) is 18.5 Å². The molecule has 1 N–H and O–H groups in total. The van der Waals surface area contributed by atoms with Gasteiger partial charge in [-0.05, 0) is 25.7 Å². The van der Waals surface area contributed by atoms with Gasteiger partial charge in [-0.3, -0.25) is 4.68 Å². The summed E-state index contributed by atoms with van der Waals surface area (Å²) in [5.41, 5.74) is 2.31. The van der Waals surface area contributed by atoms with Crippen LogP contribution < -0.4 is 5.32 Å². The molecule has 1 heterocycles. The maximum Gasteiger partial charge on any atom is 0.0759 e. The summed E-state index contributed by atoms with van der Waals surface area (Å²) in [6, 6.07) is 0.442. The standard InChI is InChI=1S/C11H19N3O/c1-8-10(6-12-14(8)2)13-11(7-15-3)9-4-5-9/h6,9,11,13H,4-5,7H2,1-3H3. The van der Waals surface area contributed by atoms with Crippen LogP contribution in [0.1, 0.15) is 18.5 Å². The molecule has 0 aromatic carbocycles. The molecule has 84 valence electrons. The molecule has 15 heavy (non-hydrogen) atoms. The molecular weight excluding hydrogens is 190 g/mol. The zero-order valence-corrected chi connectivity index (χ0v) is 9.66. The number of aryl methyl sites for hydroxylation is 1. The third-order valence-electron chi connectivity index (χ3n) is 3.11. The summed E-state index contributed by atoms with van der Waals surface area (Å²) in [4.78, 5) is 0. The second kappa shape index (κ2) is 4.23. The number of aromatic nitrogens is 2. The summed E-state index contributed by atoms with van der Waals surface area (Å²) in [5.74, 6) is 0.782. The quantitative estimate of drug-likeness (QED) is 0.800. The maximum atomic E-state index is 5.23. The fourth-order valence-corrected chi connectivity index (χ4v) is 1.81. The van der Waals surface area contributed by atoms with E-state index in [4.69, 9.17) is 4.74 Å². The molecule has 4 heteroatoms. The Morgan fingerprint density at radius 3 is 2.87 bits per heavy atom. The molecule has 0 saturated heterocycles. The van der Waals surface area contributed by atoms with Gasteiger partial charge in [0.05, 0.1) is 30.2 Å². The van der Waals surface area contributed by atoms with Gasteiger partial charge >= 0.3 is 0 Å². The Labute approximate surface area is 90.6 Å². The third kappa shape index (κ3) is 2.31. The lowest BCUT2D eigenvalue weighted by atomic mass is 10.2. The van der Waals surface area contributed by atoms with Crippen molar-refractivity contribution in [2.45, 2.75) is 25.8 Å². The zero-order valence-electron chi connectivity index (χ0n) is 9.66. The van der Waals surface area contributed by atoms with E-state index >= 15 is 0 Å². The van der Waals surface area contributed by atoms with Crippen LogP contribution in [-0.2, 0) is 11.8 Å². The van der Waals surface area contributed by atoms with Crippen LogP contribution in [0.25, 0.3) is 0 Å². The Kier molecular flexibility index (Phi) is 2.95. The Morgan fingerprint density at radius 2 is 2.40 bits per heavy atom. The van der Waals surface area contributed by atoms with Crippen molar-refractivity contribution in [1.29, 1.82) is 0 Å². The normalized spacial score (nSPS) is 17.8. The van der Waals surface area contributed by atoms with Crippen LogP contribution in [0.2, 0.25) is 0 Å². The van der Waals surface area contributed by atoms with Crippen LogP contribution in [0, 0.1) is 12.8 Å². The smallest absolute Gasteiger partial charge is 0.0759 e. The lowest BCUT2D eigenvalue weighted by Gasteiger charge is -2.18. The first-order valence-corrected chi connectivity index (χ1v) is 5.46. The first kappa shape index (κ1) is 10.5. The molecule has 1 atom stereocenters. The molecule has 2 rings (SSSR count). The zero-order chi connectivity index (χ0) is 10.8. The molecule has 1 unspecified atom stereocenters. The Balaban J connectivity index is 2.01. The fourth-order valence-electron chi connectivity index (χ4n) is 1.81. The molecule has 1 aliphatic rings. The van der Waals surface area contributed by atoms with Gasteiger partial charge in [-0.15, -0.1) is 0 Å². The minimum atomic E-state index is 0.442. The van der Waals surface area contributed by atoms with E-state index < -0.39 is 0 Å². The van der Waals surface area contributed by atoms with Crippen molar-refractivity contribution in [3.63, 3.8) is 0 Å². The highest BCUT2D eigenvalue weighted by molar-refractivity contribution is 5.47. The number of nitrogens with zero attached hydrogens (tertiary/aromatic N) is 2. The van der Waals surface area contributed by atoms with E-state index in [2.05, 4.69) is 17.3 Å². The van der Waals surface area contributed by atoms with Crippen molar-refractivity contribution in [2.24, 2.45) is 13.0 Å². The lowest BCUT2D eigenvalue weighted by molar-refractivity contribution is 0.179. The van der Waals surface area contributed by atoms with Gasteiger partial charge in [-0.1, -0.05) is 0 Å². The molecule has 0 amide bonds. The van der Waals surface area contributed by atoms with Crippen LogP contribution in [0.15, 0.2) is 6.20 Å². The largest absolute Gasteiger partial charge is 0.383 e. The number of anilines is 1. The van der Waals surface area contributed by atoms with Crippen molar-refractivity contribution in [3.8, 4) is 0 Å². The van der Waals surface area contributed by atoms with E-state index in [1.807, 2.05) is 17.9 Å². The highest BCUT2D eigenvalue weighted by Crippen LogP contribution is 2.34. The number of hydrogen-bond acceptors (Lipinski definition) is 3. The van der Waals surface area contributed by atoms with Crippen LogP contribution in [-0.4, -0.2) is 29.5 Å². The summed E-state index contributed by atoms with van der Waals surface area (Å²) >= 11 is 0. The van der Waals surface area contributed by atoms with Crippen LogP contribution in [0.4, 0.5) is 5.69 Å². The van der Waals surface area contributed by atoms with Crippen LogP contribution in [0.5, 0.6) is 0 Å². The third-order valence-corrected chi connectivity index (χ3v) is 3.11. The molecule has 1 aromatic heterocycles. The highest BCUT2D eigenvalue weighted by Gasteiger charge is 2.31. The minimum Gasteiger partial charge on any atom is -0.383 e. The van der Waals surface area contributed by atoms with Gasteiger partial charge < -0.3 is 10.1 Å². The molecule has 1 saturated carbocycles. The summed E-state index contributed by atoms with van der Waals surface area (Å²) in [5, 5.41) is 7.75. The number of hydrogen-bond donors (Lipinski definition) is 1. The van der Waals surface area contributed by atoms with E-state index in [0.717, 1.165) is 18.2 Å². The molecule has 0 bridgehead atoms. The number of ether oxygens (including phenoxy) is 1. The number of rotatable bonds is 5. The van der Waals surface area contributed by atoms with Gasteiger partial charge in [0, 0.05) is 14.2 Å². The molecular formula is C11H19N3O. The van der Waals surface area contributed by atoms with Crippen molar-refractivity contribution in [2.75, 3.05) is 19.0 Å². The first-order valence-electron chi connectivity index (χ1n) is 5.46. The van der Waals surface area contributed by atoms with Crippen molar-refractivity contribution < 1.29 is 4.74 Å². The van der Waals surface area contributed by atoms with Crippen molar-refractivity contribution in [1.82, 2.24) is 9.78 Å². The first-order chi connectivity index (χ1) is 7.22. The Morgan fingerprint density at radius 1 is 1.67 bits per heavy atom. The average molecular weight is 209 g/mol. The van der Waals surface area contributed by atoms with Gasteiger partial charge in [-0.2, -0.15) is 5.10 Å². The molecule has 1 aromatic rings. The van der Waals surface area contributed by atoms with Gasteiger partial charge in [0.25, 0.3) is 0 Å². The van der Waals surface area contributed by atoms with E-state index in [-0.39, 0.29) is 0 Å². The topological polar surface area (TPSA) is 39.1 Å². The van der Waals surface area contributed by atoms with E-state index in [9.17, 15) is 0 Å². The summed E-state index contributed by atoms with van der Waals surface area (Å²) in [6.07, 6.45) is 4.53. The Hall–Kier alpha value is -1.03. The highest BCUT2D eigenvalue weighted by atomic mass is 16.5. The number of methoxy groups -OCH3 is 1. The van der Waals surface area contributed by atoms with Gasteiger partial charge in [0.2, 0.25) is 0 Å². The van der Waals surface area contributed by atoms with Gasteiger partial charge in [-0.25, -0.2) is 0 Å². The average Bonchev–Trinajstić information content (AvgIpc) is 3.00. The maximum absolute atomic E-state index is 5.23. The molecule has 0 radical (unpaired) electrons. The molecule has 1 aliphatic carbocycles. The van der Waals surface area contributed by atoms with Gasteiger partial charge in [0.1, 0.15) is 0 Å². The van der Waals surface area contributed by atoms with E-state index in [0.29, 0.717) is 6.04 Å². The number of nitrogens with one attached hydrogen (secondary N) is 1. The molecule has 1 fully saturated rings. The second-order valence-corrected chi connectivity index (χ2v) is 4.31. The molecule has 0 aliphatic heterocycles. The molecule has 4 nitrogen and oxygen atoms in total. The lowest BCUT2D eigenvalue weighted by Crippen LogP contribution is -2.27. The van der Waals surface area contributed by atoms with Crippen LogP contribution in [0.3, 0.4) is 0 Å². The van der Waals surface area contributed by atoms with Crippen LogP contribution >= 0.6 is 0 Å². The predicted octanol–water partition coefficient (Wildman–Crippen LogP) is 1.57. The SMILES string of the molecule is COCC(Nc1cnn(C)c1C)C1CC1. The summed E-state index contributed by atoms with van der Waals surface area (Å²) in [6.45, 7) is 2.85. The summed E-state index contributed by atoms with van der Waals surface area (Å²) < 4.78 is 7.12. The Bertz CT molecular complexity index is 331. The fraction of sp³-hybridized carbons (Fsp3) is 0.727. The monoisotopic (exact) mass is 209 g/mol. The van der Waals surface area contributed by atoms with Gasteiger partial charge in [0.15, 0.2) is 0 Å².